The standard InChI is InChI=1S/C15H30OSi/c1-12(2)17(13(3)4,14(5)6)16-11-15-9-7-8-10-15/h11-14H,7-10H2,1-6H3. The first-order chi connectivity index (χ1) is 7.91. The third-order valence-electron chi connectivity index (χ3n) is 4.38. The number of hydrogen-bond acceptors (Lipinski definition) is 1. The van der Waals surface area contributed by atoms with Crippen molar-refractivity contribution in [2.75, 3.05) is 0 Å². The molecule has 0 heterocycles. The highest BCUT2D eigenvalue weighted by Crippen LogP contribution is 2.43. The molecule has 0 aliphatic heterocycles. The van der Waals surface area contributed by atoms with E-state index < -0.39 is 8.32 Å². The summed E-state index contributed by atoms with van der Waals surface area (Å²) in [5, 5.41) is 0. The van der Waals surface area contributed by atoms with Gasteiger partial charge in [-0.1, -0.05) is 41.5 Å². The second-order valence-electron chi connectivity index (χ2n) is 6.42. The minimum atomic E-state index is -1.67. The quantitative estimate of drug-likeness (QED) is 0.456. The topological polar surface area (TPSA) is 9.23 Å². The molecule has 17 heavy (non-hydrogen) atoms. The Bertz CT molecular complexity index is 236. The van der Waals surface area contributed by atoms with Gasteiger partial charge in [0.15, 0.2) is 0 Å². The van der Waals surface area contributed by atoms with Crippen molar-refractivity contribution in [1.29, 1.82) is 0 Å². The molecule has 0 amide bonds. The molecular weight excluding hydrogens is 224 g/mol. The maximum absolute atomic E-state index is 6.47. The Hall–Kier alpha value is -0.243. The van der Waals surface area contributed by atoms with Crippen molar-refractivity contribution < 1.29 is 4.43 Å². The average Bonchev–Trinajstić information content (AvgIpc) is 2.69. The van der Waals surface area contributed by atoms with Crippen molar-refractivity contribution in [3.63, 3.8) is 0 Å². The first-order valence-electron chi connectivity index (χ1n) is 7.27. The number of rotatable bonds is 5. The lowest BCUT2D eigenvalue weighted by Gasteiger charge is -2.41. The van der Waals surface area contributed by atoms with Crippen molar-refractivity contribution in [2.45, 2.75) is 83.8 Å². The van der Waals surface area contributed by atoms with Crippen molar-refractivity contribution in [3.8, 4) is 0 Å². The van der Waals surface area contributed by atoms with E-state index in [9.17, 15) is 0 Å². The Balaban J connectivity index is 2.85. The Morgan fingerprint density at radius 2 is 1.29 bits per heavy atom. The largest absolute Gasteiger partial charge is 0.548 e. The molecule has 0 aromatic carbocycles. The van der Waals surface area contributed by atoms with Gasteiger partial charge in [0.1, 0.15) is 0 Å². The van der Waals surface area contributed by atoms with E-state index in [-0.39, 0.29) is 0 Å². The summed E-state index contributed by atoms with van der Waals surface area (Å²) in [5.74, 6) is 0. The summed E-state index contributed by atoms with van der Waals surface area (Å²) in [6.07, 6.45) is 7.39. The van der Waals surface area contributed by atoms with Crippen LogP contribution in [0, 0.1) is 0 Å². The summed E-state index contributed by atoms with van der Waals surface area (Å²) in [7, 11) is -1.67. The van der Waals surface area contributed by atoms with Crippen LogP contribution in [-0.4, -0.2) is 8.32 Å². The highest BCUT2D eigenvalue weighted by Gasteiger charge is 2.46. The van der Waals surface area contributed by atoms with E-state index >= 15 is 0 Å². The molecule has 1 saturated carbocycles. The van der Waals surface area contributed by atoms with Gasteiger partial charge in [-0.2, -0.15) is 0 Å². The Labute approximate surface area is 109 Å². The Kier molecular flexibility index (Phi) is 5.30. The fourth-order valence-corrected chi connectivity index (χ4v) is 8.73. The molecule has 1 aliphatic carbocycles. The van der Waals surface area contributed by atoms with Crippen LogP contribution in [0.3, 0.4) is 0 Å². The molecule has 1 aliphatic rings. The average molecular weight is 254 g/mol. The zero-order valence-corrected chi connectivity index (χ0v) is 13.5. The van der Waals surface area contributed by atoms with Gasteiger partial charge in [0.2, 0.25) is 0 Å². The summed E-state index contributed by atoms with van der Waals surface area (Å²) in [5.41, 5.74) is 3.59. The predicted molar refractivity (Wildman–Crippen MR) is 78.7 cm³/mol. The highest BCUT2D eigenvalue weighted by atomic mass is 28.4. The maximum atomic E-state index is 6.47. The van der Waals surface area contributed by atoms with Crippen molar-refractivity contribution in [2.24, 2.45) is 0 Å². The molecule has 1 fully saturated rings. The van der Waals surface area contributed by atoms with Crippen LogP contribution in [0.2, 0.25) is 16.6 Å². The van der Waals surface area contributed by atoms with Crippen molar-refractivity contribution >= 4 is 8.32 Å². The molecular formula is C15H30OSi. The molecule has 0 saturated heterocycles. The molecule has 0 aromatic heterocycles. The first-order valence-corrected chi connectivity index (χ1v) is 9.41. The van der Waals surface area contributed by atoms with Crippen LogP contribution in [0.15, 0.2) is 11.8 Å². The molecule has 0 aromatic rings. The van der Waals surface area contributed by atoms with E-state index in [2.05, 4.69) is 47.8 Å². The third-order valence-corrected chi connectivity index (χ3v) is 10.3. The molecule has 0 unspecified atom stereocenters. The molecule has 1 nitrogen and oxygen atoms in total. The lowest BCUT2D eigenvalue weighted by Crippen LogP contribution is -2.46. The lowest BCUT2D eigenvalue weighted by molar-refractivity contribution is 0.410. The van der Waals surface area contributed by atoms with Gasteiger partial charge in [0.05, 0.1) is 6.26 Å². The second kappa shape index (κ2) is 6.08. The van der Waals surface area contributed by atoms with E-state index in [4.69, 9.17) is 4.43 Å². The minimum absolute atomic E-state index is 0.681. The molecule has 0 spiro atoms. The van der Waals surface area contributed by atoms with Crippen LogP contribution in [-0.2, 0) is 4.43 Å². The fraction of sp³-hybridized carbons (Fsp3) is 0.867. The van der Waals surface area contributed by atoms with Crippen LogP contribution in [0.25, 0.3) is 0 Å². The summed E-state index contributed by atoms with van der Waals surface area (Å²) in [6, 6.07) is 0. The van der Waals surface area contributed by atoms with Gasteiger partial charge in [-0.3, -0.25) is 0 Å². The number of allylic oxidation sites excluding steroid dienone is 1. The Morgan fingerprint density at radius 3 is 1.65 bits per heavy atom. The normalized spacial score (nSPS) is 17.4. The van der Waals surface area contributed by atoms with E-state index in [1.165, 1.54) is 25.7 Å². The summed E-state index contributed by atoms with van der Waals surface area (Å²) >= 11 is 0. The van der Waals surface area contributed by atoms with Crippen molar-refractivity contribution in [1.82, 2.24) is 0 Å². The van der Waals surface area contributed by atoms with Gasteiger partial charge in [-0.25, -0.2) is 0 Å². The van der Waals surface area contributed by atoms with E-state index in [1.54, 1.807) is 5.57 Å². The van der Waals surface area contributed by atoms with E-state index in [0.717, 1.165) is 0 Å². The minimum Gasteiger partial charge on any atom is -0.548 e. The summed E-state index contributed by atoms with van der Waals surface area (Å²) in [4.78, 5) is 0. The van der Waals surface area contributed by atoms with Crippen LogP contribution in [0.4, 0.5) is 0 Å². The predicted octanol–water partition coefficient (Wildman–Crippen LogP) is 5.64. The van der Waals surface area contributed by atoms with E-state index in [1.807, 2.05) is 0 Å². The van der Waals surface area contributed by atoms with Gasteiger partial charge in [0, 0.05) is 0 Å². The van der Waals surface area contributed by atoms with Crippen molar-refractivity contribution in [3.05, 3.63) is 11.8 Å². The zero-order chi connectivity index (χ0) is 13.1. The highest BCUT2D eigenvalue weighted by molar-refractivity contribution is 6.77. The fourth-order valence-electron chi connectivity index (χ4n) is 3.54. The molecule has 1 rings (SSSR count). The third kappa shape index (κ3) is 3.15. The van der Waals surface area contributed by atoms with Crippen LogP contribution in [0.1, 0.15) is 67.2 Å². The van der Waals surface area contributed by atoms with E-state index in [0.29, 0.717) is 16.6 Å². The van der Waals surface area contributed by atoms with Crippen LogP contribution < -0.4 is 0 Å². The van der Waals surface area contributed by atoms with Gasteiger partial charge < -0.3 is 4.43 Å². The number of hydrogen-bond donors (Lipinski definition) is 0. The first kappa shape index (κ1) is 14.8. The van der Waals surface area contributed by atoms with Gasteiger partial charge in [-0.05, 0) is 47.9 Å². The monoisotopic (exact) mass is 254 g/mol. The summed E-state index contributed by atoms with van der Waals surface area (Å²) < 4.78 is 6.47. The maximum Gasteiger partial charge on any atom is 0.257 e. The Morgan fingerprint density at radius 1 is 0.882 bits per heavy atom. The SMILES string of the molecule is CC(C)[Si](OC=C1CCCC1)(C(C)C)C(C)C. The molecule has 0 atom stereocenters. The van der Waals surface area contributed by atoms with Crippen LogP contribution in [0.5, 0.6) is 0 Å². The molecule has 0 radical (unpaired) electrons. The lowest BCUT2D eigenvalue weighted by atomic mass is 10.3. The van der Waals surface area contributed by atoms with Gasteiger partial charge in [-0.15, -0.1) is 0 Å². The van der Waals surface area contributed by atoms with Gasteiger partial charge in [0.25, 0.3) is 8.32 Å². The molecule has 0 bridgehead atoms. The van der Waals surface area contributed by atoms with Crippen LogP contribution >= 0.6 is 0 Å². The molecule has 2 heteroatoms. The summed E-state index contributed by atoms with van der Waals surface area (Å²) in [6.45, 7) is 14.1. The smallest absolute Gasteiger partial charge is 0.257 e. The molecule has 100 valence electrons. The zero-order valence-electron chi connectivity index (χ0n) is 12.5. The van der Waals surface area contributed by atoms with Gasteiger partial charge >= 0.3 is 0 Å². The molecule has 0 N–H and O–H groups in total. The second-order valence-corrected chi connectivity index (χ2v) is 11.8.